The van der Waals surface area contributed by atoms with Crippen LogP contribution in [0, 0.1) is 6.92 Å². The van der Waals surface area contributed by atoms with Gasteiger partial charge in [0.15, 0.2) is 0 Å². The Morgan fingerprint density at radius 3 is 2.80 bits per heavy atom. The summed E-state index contributed by atoms with van der Waals surface area (Å²) < 4.78 is 0. The van der Waals surface area contributed by atoms with Gasteiger partial charge in [0.25, 0.3) is 5.91 Å². The number of carbonyl (C=O) groups is 1. The molecule has 0 spiro atoms. The van der Waals surface area contributed by atoms with Crippen molar-refractivity contribution in [3.8, 4) is 0 Å². The number of β-amino-alcohol motifs (C(OH)–C–C–N with tert-alkyl or cyclic N) is 1. The lowest BCUT2D eigenvalue weighted by Crippen LogP contribution is -2.39. The molecule has 0 aliphatic carbocycles. The minimum Gasteiger partial charge on any atom is -0.392 e. The number of hydrogen-bond donors (Lipinski definition) is 2. The number of nitrogens with one attached hydrogen (secondary N) is 1. The van der Waals surface area contributed by atoms with Crippen LogP contribution in [0.1, 0.15) is 39.0 Å². The van der Waals surface area contributed by atoms with Gasteiger partial charge in [-0.3, -0.25) is 9.69 Å². The van der Waals surface area contributed by atoms with Crippen molar-refractivity contribution in [3.63, 3.8) is 0 Å². The predicted molar refractivity (Wildman–Crippen MR) is 102 cm³/mol. The number of nitrogens with zero attached hydrogens (tertiary/aromatic N) is 1. The maximum Gasteiger partial charge on any atom is 0.261 e. The molecule has 2 heterocycles. The van der Waals surface area contributed by atoms with Gasteiger partial charge < -0.3 is 10.4 Å². The zero-order chi connectivity index (χ0) is 17.8. The first-order valence-electron chi connectivity index (χ1n) is 8.90. The molecule has 2 aromatic rings. The molecular weight excluding hydrogens is 332 g/mol. The SMILES string of the molecule is CCc1cc(C(=O)NC[C@@H]2C[C@@H](O)CN2Cc2ccccc2)sc1C. The van der Waals surface area contributed by atoms with Gasteiger partial charge in [-0.25, -0.2) is 0 Å². The van der Waals surface area contributed by atoms with Crippen LogP contribution < -0.4 is 5.32 Å². The Labute approximate surface area is 153 Å². The zero-order valence-corrected chi connectivity index (χ0v) is 15.7. The van der Waals surface area contributed by atoms with E-state index in [9.17, 15) is 9.90 Å². The van der Waals surface area contributed by atoms with E-state index in [0.717, 1.165) is 17.8 Å². The van der Waals surface area contributed by atoms with Gasteiger partial charge in [0.1, 0.15) is 0 Å². The van der Waals surface area contributed by atoms with Gasteiger partial charge >= 0.3 is 0 Å². The molecule has 4 nitrogen and oxygen atoms in total. The van der Waals surface area contributed by atoms with E-state index in [0.29, 0.717) is 19.5 Å². The third-order valence-electron chi connectivity index (χ3n) is 4.86. The van der Waals surface area contributed by atoms with E-state index >= 15 is 0 Å². The maximum atomic E-state index is 12.4. The van der Waals surface area contributed by atoms with E-state index in [1.54, 1.807) is 11.3 Å². The molecular formula is C20H26N2O2S. The Bertz CT molecular complexity index is 714. The molecule has 1 saturated heterocycles. The molecule has 134 valence electrons. The van der Waals surface area contributed by atoms with Gasteiger partial charge in [-0.15, -0.1) is 11.3 Å². The number of benzene rings is 1. The quantitative estimate of drug-likeness (QED) is 0.835. The van der Waals surface area contributed by atoms with Gasteiger partial charge in [0.05, 0.1) is 11.0 Å². The average molecular weight is 359 g/mol. The van der Waals surface area contributed by atoms with Crippen LogP contribution in [0.25, 0.3) is 0 Å². The fourth-order valence-electron chi connectivity index (χ4n) is 3.46. The second-order valence-electron chi connectivity index (χ2n) is 6.71. The number of hydrogen-bond acceptors (Lipinski definition) is 4. The minimum absolute atomic E-state index is 0.00569. The summed E-state index contributed by atoms with van der Waals surface area (Å²) in [7, 11) is 0. The molecule has 1 aliphatic heterocycles. The van der Waals surface area contributed by atoms with Gasteiger partial charge in [0, 0.05) is 30.6 Å². The molecule has 0 radical (unpaired) electrons. The summed E-state index contributed by atoms with van der Waals surface area (Å²) in [5.74, 6) is -0.00569. The lowest BCUT2D eigenvalue weighted by Gasteiger charge is -2.24. The number of aliphatic hydroxyl groups is 1. The third-order valence-corrected chi connectivity index (χ3v) is 5.95. The summed E-state index contributed by atoms with van der Waals surface area (Å²) in [5, 5.41) is 13.1. The standard InChI is InChI=1S/C20H26N2O2S/c1-3-16-9-19(25-14(16)2)20(24)21-11-17-10-18(23)13-22(17)12-15-7-5-4-6-8-15/h4-9,17-18,23H,3,10-13H2,1-2H3,(H,21,24)/t17-,18+/m0/s1. The Morgan fingerprint density at radius 2 is 2.12 bits per heavy atom. The van der Waals surface area contributed by atoms with Crippen LogP contribution in [0.15, 0.2) is 36.4 Å². The number of aliphatic hydroxyl groups excluding tert-OH is 1. The summed E-state index contributed by atoms with van der Waals surface area (Å²) in [6.45, 7) is 6.21. The largest absolute Gasteiger partial charge is 0.392 e. The number of carbonyl (C=O) groups excluding carboxylic acids is 1. The fourth-order valence-corrected chi connectivity index (χ4v) is 4.49. The van der Waals surface area contributed by atoms with E-state index in [2.05, 4.69) is 36.2 Å². The van der Waals surface area contributed by atoms with Crippen LogP contribution in [0.2, 0.25) is 0 Å². The highest BCUT2D eigenvalue weighted by Crippen LogP contribution is 2.23. The average Bonchev–Trinajstić information content (AvgIpc) is 3.15. The van der Waals surface area contributed by atoms with E-state index in [1.165, 1.54) is 16.0 Å². The molecule has 1 aliphatic rings. The van der Waals surface area contributed by atoms with Crippen LogP contribution in [0.4, 0.5) is 0 Å². The monoisotopic (exact) mass is 358 g/mol. The van der Waals surface area contributed by atoms with Crippen LogP contribution in [0.3, 0.4) is 0 Å². The van der Waals surface area contributed by atoms with Crippen molar-refractivity contribution < 1.29 is 9.90 Å². The van der Waals surface area contributed by atoms with Crippen LogP contribution in [-0.4, -0.2) is 41.1 Å². The summed E-state index contributed by atoms with van der Waals surface area (Å²) in [6.07, 6.45) is 1.34. The molecule has 0 unspecified atom stereocenters. The zero-order valence-electron chi connectivity index (χ0n) is 14.9. The van der Waals surface area contributed by atoms with Gasteiger partial charge in [-0.05, 0) is 37.0 Å². The second-order valence-corrected chi connectivity index (χ2v) is 7.97. The fraction of sp³-hybridized carbons (Fsp3) is 0.450. The molecule has 1 aromatic carbocycles. The van der Waals surface area contributed by atoms with Crippen molar-refractivity contribution >= 4 is 17.2 Å². The Balaban J connectivity index is 1.59. The first-order valence-corrected chi connectivity index (χ1v) is 9.72. The van der Waals surface area contributed by atoms with Crippen molar-refractivity contribution in [3.05, 3.63) is 57.3 Å². The number of thiophene rings is 1. The molecule has 25 heavy (non-hydrogen) atoms. The van der Waals surface area contributed by atoms with Gasteiger partial charge in [-0.2, -0.15) is 0 Å². The van der Waals surface area contributed by atoms with Crippen molar-refractivity contribution in [2.75, 3.05) is 13.1 Å². The molecule has 5 heteroatoms. The Hall–Kier alpha value is -1.69. The number of rotatable bonds is 6. The van der Waals surface area contributed by atoms with Crippen molar-refractivity contribution in [1.29, 1.82) is 0 Å². The normalized spacial score (nSPS) is 20.8. The molecule has 1 fully saturated rings. The summed E-state index contributed by atoms with van der Waals surface area (Å²) in [5.41, 5.74) is 2.48. The first-order chi connectivity index (χ1) is 12.1. The molecule has 2 N–H and O–H groups in total. The number of likely N-dealkylation sites (tertiary alicyclic amines) is 1. The van der Waals surface area contributed by atoms with Crippen LogP contribution in [0.5, 0.6) is 0 Å². The Morgan fingerprint density at radius 1 is 1.36 bits per heavy atom. The lowest BCUT2D eigenvalue weighted by molar-refractivity contribution is 0.0944. The highest BCUT2D eigenvalue weighted by molar-refractivity contribution is 7.14. The van der Waals surface area contributed by atoms with E-state index in [4.69, 9.17) is 0 Å². The van der Waals surface area contributed by atoms with Gasteiger partial charge in [0.2, 0.25) is 0 Å². The summed E-state index contributed by atoms with van der Waals surface area (Å²) >= 11 is 1.56. The summed E-state index contributed by atoms with van der Waals surface area (Å²) in [6, 6.07) is 12.4. The number of amides is 1. The van der Waals surface area contributed by atoms with E-state index in [1.807, 2.05) is 24.3 Å². The lowest BCUT2D eigenvalue weighted by atomic mass is 10.1. The molecule has 0 saturated carbocycles. The smallest absolute Gasteiger partial charge is 0.261 e. The van der Waals surface area contributed by atoms with E-state index in [-0.39, 0.29) is 18.1 Å². The minimum atomic E-state index is -0.318. The number of aryl methyl sites for hydroxylation is 2. The van der Waals surface area contributed by atoms with Crippen molar-refractivity contribution in [1.82, 2.24) is 10.2 Å². The highest BCUT2D eigenvalue weighted by atomic mass is 32.1. The molecule has 2 atom stereocenters. The molecule has 1 amide bonds. The predicted octanol–water partition coefficient (Wildman–Crippen LogP) is 2.98. The topological polar surface area (TPSA) is 52.6 Å². The molecule has 0 bridgehead atoms. The Kier molecular flexibility index (Phi) is 5.89. The molecule has 3 rings (SSSR count). The second kappa shape index (κ2) is 8.13. The van der Waals surface area contributed by atoms with Crippen LogP contribution >= 0.6 is 11.3 Å². The van der Waals surface area contributed by atoms with E-state index < -0.39 is 0 Å². The molecule has 1 aromatic heterocycles. The van der Waals surface area contributed by atoms with Crippen molar-refractivity contribution in [2.45, 2.75) is 45.4 Å². The van der Waals surface area contributed by atoms with Crippen molar-refractivity contribution in [2.24, 2.45) is 0 Å². The highest BCUT2D eigenvalue weighted by Gasteiger charge is 2.31. The first kappa shape index (κ1) is 18.1. The van der Waals surface area contributed by atoms with Crippen LogP contribution in [-0.2, 0) is 13.0 Å². The maximum absolute atomic E-state index is 12.4. The summed E-state index contributed by atoms with van der Waals surface area (Å²) in [4.78, 5) is 16.7. The third kappa shape index (κ3) is 4.48. The van der Waals surface area contributed by atoms with Gasteiger partial charge in [-0.1, -0.05) is 37.3 Å².